The Balaban J connectivity index is 1.22. The van der Waals surface area contributed by atoms with Crippen molar-refractivity contribution in [3.8, 4) is 23.0 Å². The molecule has 0 bridgehead atoms. The van der Waals surface area contributed by atoms with Crippen molar-refractivity contribution in [3.05, 3.63) is 111 Å². The molecular formula is C31H23Cl2N3O7. The summed E-state index contributed by atoms with van der Waals surface area (Å²) < 4.78 is 21.8. The van der Waals surface area contributed by atoms with Crippen molar-refractivity contribution in [2.24, 2.45) is 5.10 Å². The van der Waals surface area contributed by atoms with Crippen LogP contribution < -0.4 is 29.7 Å². The molecule has 12 heteroatoms. The van der Waals surface area contributed by atoms with E-state index < -0.39 is 17.8 Å². The topological polar surface area (TPSA) is 125 Å². The normalized spacial score (nSPS) is 11.7. The van der Waals surface area contributed by atoms with Crippen LogP contribution in [0.1, 0.15) is 43.6 Å². The fourth-order valence-corrected chi connectivity index (χ4v) is 4.47. The molecule has 5 rings (SSSR count). The lowest BCUT2D eigenvalue weighted by Gasteiger charge is -2.11. The molecule has 0 aromatic heterocycles. The van der Waals surface area contributed by atoms with Gasteiger partial charge >= 0.3 is 5.97 Å². The van der Waals surface area contributed by atoms with E-state index >= 15 is 0 Å². The Hall–Kier alpha value is -5.06. The van der Waals surface area contributed by atoms with Crippen molar-refractivity contribution >= 4 is 52.9 Å². The summed E-state index contributed by atoms with van der Waals surface area (Å²) in [7, 11) is 0. The SMILES string of the molecule is CCOc1cc(C=NNC(=O)c2cccc(NC(=O)c3ccc(Cl)cc3Cl)c2)ccc1OC(=O)c1ccc2c(c1)OCO2. The standard InChI is InChI=1S/C31H23Cl2N3O7/c1-2-40-27-12-18(6-10-26(27)43-31(39)20-7-11-25-28(14-20)42-17-41-25)16-34-36-29(37)19-4-3-5-22(13-19)35-30(38)23-9-8-21(32)15-24(23)33/h3-16H,2,17H2,1H3,(H,35,38)(H,36,37). The molecule has 0 saturated heterocycles. The van der Waals surface area contributed by atoms with Gasteiger partial charge in [0.1, 0.15) is 0 Å². The van der Waals surface area contributed by atoms with Crippen LogP contribution in [0.5, 0.6) is 23.0 Å². The number of rotatable bonds is 9. The van der Waals surface area contributed by atoms with Crippen LogP contribution in [0.2, 0.25) is 10.0 Å². The van der Waals surface area contributed by atoms with Crippen molar-refractivity contribution in [1.82, 2.24) is 5.43 Å². The molecule has 218 valence electrons. The number of ether oxygens (including phenoxy) is 4. The number of anilines is 1. The lowest BCUT2D eigenvalue weighted by atomic mass is 10.1. The predicted octanol–water partition coefficient (Wildman–Crippen LogP) is 6.36. The molecule has 1 heterocycles. The van der Waals surface area contributed by atoms with E-state index in [9.17, 15) is 14.4 Å². The van der Waals surface area contributed by atoms with Crippen LogP contribution >= 0.6 is 23.2 Å². The number of carbonyl (C=O) groups is 3. The summed E-state index contributed by atoms with van der Waals surface area (Å²) in [6.07, 6.45) is 1.41. The minimum atomic E-state index is -0.595. The summed E-state index contributed by atoms with van der Waals surface area (Å²) >= 11 is 12.0. The van der Waals surface area contributed by atoms with E-state index in [-0.39, 0.29) is 34.3 Å². The number of hydrazone groups is 1. The minimum Gasteiger partial charge on any atom is -0.490 e. The Morgan fingerprint density at radius 2 is 1.72 bits per heavy atom. The highest BCUT2D eigenvalue weighted by Crippen LogP contribution is 2.34. The van der Waals surface area contributed by atoms with Gasteiger partial charge in [-0.3, -0.25) is 9.59 Å². The molecule has 1 aliphatic heterocycles. The number of hydrogen-bond acceptors (Lipinski definition) is 8. The maximum absolute atomic E-state index is 12.7. The predicted molar refractivity (Wildman–Crippen MR) is 161 cm³/mol. The fraction of sp³-hybridized carbons (Fsp3) is 0.0968. The summed E-state index contributed by atoms with van der Waals surface area (Å²) in [4.78, 5) is 38.1. The largest absolute Gasteiger partial charge is 0.490 e. The molecule has 0 saturated carbocycles. The number of halogens is 2. The van der Waals surface area contributed by atoms with Gasteiger partial charge in [0, 0.05) is 16.3 Å². The molecule has 1 aliphatic rings. The van der Waals surface area contributed by atoms with Gasteiger partial charge in [-0.2, -0.15) is 5.10 Å². The molecule has 0 atom stereocenters. The van der Waals surface area contributed by atoms with Gasteiger partial charge in [-0.15, -0.1) is 0 Å². The molecule has 0 aliphatic carbocycles. The van der Waals surface area contributed by atoms with Crippen LogP contribution in [0, 0.1) is 0 Å². The second-order valence-corrected chi connectivity index (χ2v) is 9.80. The third-order valence-corrected chi connectivity index (χ3v) is 6.56. The monoisotopic (exact) mass is 619 g/mol. The molecule has 4 aromatic rings. The average Bonchev–Trinajstić information content (AvgIpc) is 3.47. The van der Waals surface area contributed by atoms with Crippen LogP contribution in [-0.4, -0.2) is 37.4 Å². The smallest absolute Gasteiger partial charge is 0.343 e. The maximum Gasteiger partial charge on any atom is 0.343 e. The number of esters is 1. The van der Waals surface area contributed by atoms with E-state index in [0.29, 0.717) is 40.1 Å². The second-order valence-electron chi connectivity index (χ2n) is 8.95. The summed E-state index contributed by atoms with van der Waals surface area (Å²) in [5.74, 6) is 0.000385. The van der Waals surface area contributed by atoms with Crippen molar-refractivity contribution < 1.29 is 33.3 Å². The molecular weight excluding hydrogens is 597 g/mol. The average molecular weight is 620 g/mol. The van der Waals surface area contributed by atoms with Crippen LogP contribution in [0.4, 0.5) is 5.69 Å². The van der Waals surface area contributed by atoms with Gasteiger partial charge in [0.25, 0.3) is 11.8 Å². The van der Waals surface area contributed by atoms with Gasteiger partial charge in [0.2, 0.25) is 6.79 Å². The summed E-state index contributed by atoms with van der Waals surface area (Å²) in [5.41, 5.74) is 4.21. The van der Waals surface area contributed by atoms with E-state index in [2.05, 4.69) is 15.8 Å². The molecule has 2 amide bonds. The third-order valence-electron chi connectivity index (χ3n) is 6.02. The van der Waals surface area contributed by atoms with Crippen LogP contribution in [0.25, 0.3) is 0 Å². The van der Waals surface area contributed by atoms with Crippen LogP contribution in [-0.2, 0) is 0 Å². The summed E-state index contributed by atoms with van der Waals surface area (Å²) in [6.45, 7) is 2.21. The number of carbonyl (C=O) groups excluding carboxylic acids is 3. The van der Waals surface area contributed by atoms with Crippen molar-refractivity contribution in [2.75, 3.05) is 18.7 Å². The Bertz CT molecular complexity index is 1740. The first-order valence-electron chi connectivity index (χ1n) is 12.9. The van der Waals surface area contributed by atoms with Gasteiger partial charge in [-0.25, -0.2) is 10.2 Å². The number of fused-ring (bicyclic) bond motifs is 1. The highest BCUT2D eigenvalue weighted by Gasteiger charge is 2.19. The maximum atomic E-state index is 12.7. The van der Waals surface area contributed by atoms with Crippen LogP contribution in [0.15, 0.2) is 84.0 Å². The van der Waals surface area contributed by atoms with Crippen molar-refractivity contribution in [3.63, 3.8) is 0 Å². The third kappa shape index (κ3) is 7.24. The lowest BCUT2D eigenvalue weighted by molar-refractivity contribution is 0.0727. The second kappa shape index (κ2) is 13.3. The first kappa shape index (κ1) is 29.4. The van der Waals surface area contributed by atoms with E-state index in [0.717, 1.165) is 0 Å². The van der Waals surface area contributed by atoms with Gasteiger partial charge in [0.15, 0.2) is 23.0 Å². The van der Waals surface area contributed by atoms with E-state index in [4.69, 9.17) is 42.1 Å². The minimum absolute atomic E-state index is 0.0945. The Labute approximate surface area is 256 Å². The van der Waals surface area contributed by atoms with Crippen molar-refractivity contribution in [1.29, 1.82) is 0 Å². The fourth-order valence-electron chi connectivity index (χ4n) is 3.98. The molecule has 0 radical (unpaired) electrons. The highest BCUT2D eigenvalue weighted by atomic mass is 35.5. The number of nitrogens with zero attached hydrogens (tertiary/aromatic N) is 1. The van der Waals surface area contributed by atoms with Gasteiger partial charge in [-0.1, -0.05) is 29.3 Å². The number of amides is 2. The molecule has 0 fully saturated rings. The zero-order chi connectivity index (χ0) is 30.3. The molecule has 0 spiro atoms. The molecule has 2 N–H and O–H groups in total. The number of benzene rings is 4. The summed E-state index contributed by atoms with van der Waals surface area (Å²) in [5, 5.41) is 7.34. The first-order chi connectivity index (χ1) is 20.8. The quantitative estimate of drug-likeness (QED) is 0.0967. The van der Waals surface area contributed by atoms with Gasteiger partial charge in [0.05, 0.1) is 29.0 Å². The van der Waals surface area contributed by atoms with Crippen molar-refractivity contribution in [2.45, 2.75) is 6.92 Å². The van der Waals surface area contributed by atoms with Gasteiger partial charge in [-0.05, 0) is 85.3 Å². The lowest BCUT2D eigenvalue weighted by Crippen LogP contribution is -2.18. The zero-order valence-electron chi connectivity index (χ0n) is 22.6. The molecule has 4 aromatic carbocycles. The zero-order valence-corrected chi connectivity index (χ0v) is 24.1. The Kier molecular flexibility index (Phi) is 9.09. The van der Waals surface area contributed by atoms with Gasteiger partial charge < -0.3 is 24.3 Å². The van der Waals surface area contributed by atoms with Crippen LogP contribution in [0.3, 0.4) is 0 Å². The highest BCUT2D eigenvalue weighted by molar-refractivity contribution is 6.37. The van der Waals surface area contributed by atoms with E-state index in [1.165, 1.54) is 24.4 Å². The Morgan fingerprint density at radius 3 is 2.53 bits per heavy atom. The molecule has 0 unspecified atom stereocenters. The summed E-state index contributed by atoms with van der Waals surface area (Å²) in [6, 6.07) is 20.5. The molecule has 10 nitrogen and oxygen atoms in total. The molecule has 43 heavy (non-hydrogen) atoms. The first-order valence-corrected chi connectivity index (χ1v) is 13.6. The number of nitrogens with one attached hydrogen (secondary N) is 2. The number of hydrogen-bond donors (Lipinski definition) is 2. The Morgan fingerprint density at radius 1 is 0.884 bits per heavy atom. The van der Waals surface area contributed by atoms with E-state index in [1.54, 1.807) is 67.6 Å². The van der Waals surface area contributed by atoms with E-state index in [1.807, 2.05) is 0 Å².